The first-order chi connectivity index (χ1) is 9.54. The Morgan fingerprint density at radius 2 is 1.85 bits per heavy atom. The third-order valence-corrected chi connectivity index (χ3v) is 3.51. The van der Waals surface area contributed by atoms with E-state index in [0.29, 0.717) is 5.89 Å². The predicted octanol–water partition coefficient (Wildman–Crippen LogP) is 2.75. The van der Waals surface area contributed by atoms with Gasteiger partial charge in [0.15, 0.2) is 17.5 Å². The fourth-order valence-electron chi connectivity index (χ4n) is 2.44. The number of rotatable bonds is 2. The Morgan fingerprint density at radius 1 is 1.15 bits per heavy atom. The summed E-state index contributed by atoms with van der Waals surface area (Å²) in [5, 5.41) is 3.69. The van der Waals surface area contributed by atoms with Crippen LogP contribution in [0.5, 0.6) is 0 Å². The molecule has 20 heavy (non-hydrogen) atoms. The van der Waals surface area contributed by atoms with Crippen LogP contribution in [0.3, 0.4) is 0 Å². The van der Waals surface area contributed by atoms with Crippen LogP contribution in [-0.2, 0) is 0 Å². The molecule has 7 heteroatoms. The van der Waals surface area contributed by atoms with Crippen LogP contribution in [0.15, 0.2) is 16.7 Å². The van der Waals surface area contributed by atoms with Gasteiger partial charge in [0.2, 0.25) is 11.7 Å². The summed E-state index contributed by atoms with van der Waals surface area (Å²) in [4.78, 5) is 4.12. The summed E-state index contributed by atoms with van der Waals surface area (Å²) in [5.41, 5.74) is 5.85. The van der Waals surface area contributed by atoms with E-state index in [1.807, 2.05) is 0 Å². The maximum absolute atomic E-state index is 13.2. The third kappa shape index (κ3) is 2.29. The van der Waals surface area contributed by atoms with Gasteiger partial charge in [-0.1, -0.05) is 5.16 Å². The Labute approximate surface area is 112 Å². The third-order valence-electron chi connectivity index (χ3n) is 3.51. The lowest BCUT2D eigenvalue weighted by molar-refractivity contribution is 0.353. The Kier molecular flexibility index (Phi) is 3.21. The van der Waals surface area contributed by atoms with E-state index in [1.54, 1.807) is 0 Å². The van der Waals surface area contributed by atoms with Gasteiger partial charge in [-0.25, -0.2) is 13.2 Å². The SMILES string of the molecule is N[C@H]1CC[C@@H](c2nc(-c3cc(F)c(F)c(F)c3)no2)C1. The summed E-state index contributed by atoms with van der Waals surface area (Å²) in [6.07, 6.45) is 2.46. The maximum atomic E-state index is 13.2. The van der Waals surface area contributed by atoms with Gasteiger partial charge in [0.25, 0.3) is 0 Å². The summed E-state index contributed by atoms with van der Waals surface area (Å²) in [5.74, 6) is -3.57. The molecule has 1 aromatic carbocycles. The van der Waals surface area contributed by atoms with Crippen molar-refractivity contribution in [1.29, 1.82) is 0 Å². The number of nitrogens with two attached hydrogens (primary N) is 1. The summed E-state index contributed by atoms with van der Waals surface area (Å²) < 4.78 is 44.3. The molecule has 1 aliphatic carbocycles. The fraction of sp³-hybridized carbons (Fsp3) is 0.385. The molecular weight excluding hydrogens is 271 g/mol. The molecule has 0 bridgehead atoms. The highest BCUT2D eigenvalue weighted by atomic mass is 19.2. The van der Waals surface area contributed by atoms with Gasteiger partial charge in [0.05, 0.1) is 0 Å². The lowest BCUT2D eigenvalue weighted by Gasteiger charge is -2.01. The molecule has 3 rings (SSSR count). The largest absolute Gasteiger partial charge is 0.339 e. The molecule has 4 nitrogen and oxygen atoms in total. The fourth-order valence-corrected chi connectivity index (χ4v) is 2.44. The van der Waals surface area contributed by atoms with E-state index in [-0.39, 0.29) is 23.3 Å². The van der Waals surface area contributed by atoms with Crippen LogP contribution in [0.25, 0.3) is 11.4 Å². The second kappa shape index (κ2) is 4.90. The van der Waals surface area contributed by atoms with Crippen LogP contribution in [0.1, 0.15) is 31.1 Å². The van der Waals surface area contributed by atoms with Crippen LogP contribution < -0.4 is 5.73 Å². The monoisotopic (exact) mass is 283 g/mol. The van der Waals surface area contributed by atoms with Crippen molar-refractivity contribution in [3.05, 3.63) is 35.5 Å². The summed E-state index contributed by atoms with van der Waals surface area (Å²) in [6.45, 7) is 0. The number of benzene rings is 1. The van der Waals surface area contributed by atoms with E-state index in [2.05, 4.69) is 10.1 Å². The molecule has 0 spiro atoms. The Hall–Kier alpha value is -1.89. The average Bonchev–Trinajstić information content (AvgIpc) is 3.03. The highest BCUT2D eigenvalue weighted by Crippen LogP contribution is 2.33. The first-order valence-corrected chi connectivity index (χ1v) is 6.28. The molecule has 106 valence electrons. The normalized spacial score (nSPS) is 22.4. The molecule has 1 aliphatic rings. The zero-order valence-electron chi connectivity index (χ0n) is 10.4. The number of hydrogen-bond donors (Lipinski definition) is 1. The van der Waals surface area contributed by atoms with Crippen LogP contribution in [0.2, 0.25) is 0 Å². The van der Waals surface area contributed by atoms with Crippen molar-refractivity contribution in [2.75, 3.05) is 0 Å². The summed E-state index contributed by atoms with van der Waals surface area (Å²) >= 11 is 0. The zero-order valence-corrected chi connectivity index (χ0v) is 10.4. The van der Waals surface area contributed by atoms with Gasteiger partial charge >= 0.3 is 0 Å². The number of halogens is 3. The quantitative estimate of drug-likeness (QED) is 0.861. The molecular formula is C13H12F3N3O. The molecule has 0 saturated heterocycles. The van der Waals surface area contributed by atoms with Gasteiger partial charge in [-0.05, 0) is 31.4 Å². The molecule has 0 amide bonds. The Bertz CT molecular complexity index is 621. The van der Waals surface area contributed by atoms with Gasteiger partial charge in [0.1, 0.15) is 0 Å². The zero-order chi connectivity index (χ0) is 14.3. The minimum Gasteiger partial charge on any atom is -0.339 e. The molecule has 0 unspecified atom stereocenters. The van der Waals surface area contributed by atoms with E-state index in [1.165, 1.54) is 0 Å². The van der Waals surface area contributed by atoms with E-state index >= 15 is 0 Å². The van der Waals surface area contributed by atoms with Crippen molar-refractivity contribution in [3.8, 4) is 11.4 Å². The highest BCUT2D eigenvalue weighted by Gasteiger charge is 2.28. The molecule has 0 radical (unpaired) electrons. The van der Waals surface area contributed by atoms with Crippen LogP contribution in [-0.4, -0.2) is 16.2 Å². The second-order valence-corrected chi connectivity index (χ2v) is 4.98. The average molecular weight is 283 g/mol. The lowest BCUT2D eigenvalue weighted by Crippen LogP contribution is -2.14. The van der Waals surface area contributed by atoms with Crippen molar-refractivity contribution in [2.45, 2.75) is 31.2 Å². The maximum Gasteiger partial charge on any atom is 0.230 e. The van der Waals surface area contributed by atoms with Gasteiger partial charge in [-0.15, -0.1) is 0 Å². The van der Waals surface area contributed by atoms with E-state index in [9.17, 15) is 13.2 Å². The van der Waals surface area contributed by atoms with E-state index in [0.717, 1.165) is 31.4 Å². The van der Waals surface area contributed by atoms with Crippen molar-refractivity contribution < 1.29 is 17.7 Å². The summed E-state index contributed by atoms with van der Waals surface area (Å²) in [7, 11) is 0. The molecule has 1 fully saturated rings. The highest BCUT2D eigenvalue weighted by molar-refractivity contribution is 5.54. The van der Waals surface area contributed by atoms with Gasteiger partial charge in [0, 0.05) is 17.5 Å². The van der Waals surface area contributed by atoms with Crippen molar-refractivity contribution >= 4 is 0 Å². The first-order valence-electron chi connectivity index (χ1n) is 6.28. The van der Waals surface area contributed by atoms with Crippen molar-refractivity contribution in [1.82, 2.24) is 10.1 Å². The smallest absolute Gasteiger partial charge is 0.230 e. The van der Waals surface area contributed by atoms with Crippen molar-refractivity contribution in [3.63, 3.8) is 0 Å². The predicted molar refractivity (Wildman–Crippen MR) is 64.2 cm³/mol. The molecule has 2 aromatic rings. The van der Waals surface area contributed by atoms with Gasteiger partial charge in [-0.3, -0.25) is 0 Å². The minimum absolute atomic E-state index is 0.0401. The molecule has 2 N–H and O–H groups in total. The summed E-state index contributed by atoms with van der Waals surface area (Å²) in [6, 6.07) is 1.79. The van der Waals surface area contributed by atoms with E-state index in [4.69, 9.17) is 10.3 Å². The van der Waals surface area contributed by atoms with Gasteiger partial charge < -0.3 is 10.3 Å². The standard InChI is InChI=1S/C13H12F3N3O/c14-9-4-7(5-10(15)11(9)16)12-18-13(20-19-12)6-1-2-8(17)3-6/h4-6,8H,1-3,17H2/t6-,8+/m1/s1. The van der Waals surface area contributed by atoms with Crippen molar-refractivity contribution in [2.24, 2.45) is 5.73 Å². The molecule has 1 aromatic heterocycles. The Balaban J connectivity index is 1.90. The number of aromatic nitrogens is 2. The molecule has 1 saturated carbocycles. The number of hydrogen-bond acceptors (Lipinski definition) is 4. The molecule has 1 heterocycles. The van der Waals surface area contributed by atoms with Gasteiger partial charge in [-0.2, -0.15) is 4.98 Å². The number of nitrogens with zero attached hydrogens (tertiary/aromatic N) is 2. The first kappa shape index (κ1) is 13.1. The lowest BCUT2D eigenvalue weighted by atomic mass is 10.1. The van der Waals surface area contributed by atoms with Crippen LogP contribution in [0, 0.1) is 17.5 Å². The molecule has 2 atom stereocenters. The second-order valence-electron chi connectivity index (χ2n) is 4.98. The van der Waals surface area contributed by atoms with Crippen LogP contribution >= 0.6 is 0 Å². The minimum atomic E-state index is -1.51. The van der Waals surface area contributed by atoms with Crippen LogP contribution in [0.4, 0.5) is 13.2 Å². The Morgan fingerprint density at radius 3 is 2.45 bits per heavy atom. The molecule has 0 aliphatic heterocycles. The topological polar surface area (TPSA) is 64.9 Å². The van der Waals surface area contributed by atoms with E-state index < -0.39 is 17.5 Å².